The number of nitrogens with zero attached hydrogens (tertiary/aromatic N) is 6. The summed E-state index contributed by atoms with van der Waals surface area (Å²) in [6.45, 7) is 8.45. The fourth-order valence-electron chi connectivity index (χ4n) is 9.45. The number of nitriles is 1. The first-order valence-electron chi connectivity index (χ1n) is 20.2. The summed E-state index contributed by atoms with van der Waals surface area (Å²) in [7, 11) is 0. The van der Waals surface area contributed by atoms with Crippen LogP contribution < -0.4 is 0 Å². The van der Waals surface area contributed by atoms with Crippen LogP contribution in [-0.2, 0) is 0 Å². The summed E-state index contributed by atoms with van der Waals surface area (Å²) in [5.74, 6) is 0. The van der Waals surface area contributed by atoms with Crippen molar-refractivity contribution in [1.82, 2.24) is 18.7 Å². The second-order valence-corrected chi connectivity index (χ2v) is 15.4. The standard InChI is InChI=1S/C55H32N6/c1-57-47-31-36(27-29-55(47)61-53-24-12-6-18-43(53)44-19-7-13-25-54(44)61)46-33-38(59-49-20-8-2-14-39(49)40-15-3-9-21-50(40)59)32-45(58-46)35-26-28-48(37(30-35)34-56)60-51-22-10-4-16-41(51)42-17-5-11-23-52(42)60/h2-33H. The first kappa shape index (κ1) is 34.3. The minimum atomic E-state index is 0.525. The molecule has 0 spiro atoms. The van der Waals surface area contributed by atoms with Crippen molar-refractivity contribution in [3.05, 3.63) is 211 Å². The number of hydrogen-bond acceptors (Lipinski definition) is 2. The van der Waals surface area contributed by atoms with Crippen LogP contribution in [0.3, 0.4) is 0 Å². The Kier molecular flexibility index (Phi) is 7.56. The number of fused-ring (bicyclic) bond motifs is 9. The van der Waals surface area contributed by atoms with Gasteiger partial charge in [-0.25, -0.2) is 9.83 Å². The second kappa shape index (κ2) is 13.4. The normalized spacial score (nSPS) is 11.6. The van der Waals surface area contributed by atoms with Crippen molar-refractivity contribution in [2.24, 2.45) is 0 Å². The van der Waals surface area contributed by atoms with Crippen LogP contribution in [0.5, 0.6) is 0 Å². The van der Waals surface area contributed by atoms with Crippen molar-refractivity contribution in [3.8, 4) is 45.6 Å². The Bertz CT molecular complexity index is 3510. The molecule has 0 aliphatic rings. The third-order valence-corrected chi connectivity index (χ3v) is 12.1. The highest BCUT2D eigenvalue weighted by Crippen LogP contribution is 2.40. The molecule has 282 valence electrons. The molecule has 12 rings (SSSR count). The third kappa shape index (κ3) is 5.17. The number of pyridine rings is 1. The van der Waals surface area contributed by atoms with E-state index < -0.39 is 0 Å². The highest BCUT2D eigenvalue weighted by Gasteiger charge is 2.20. The third-order valence-electron chi connectivity index (χ3n) is 12.1. The molecule has 0 bridgehead atoms. The van der Waals surface area contributed by atoms with E-state index in [-0.39, 0.29) is 0 Å². The molecule has 0 saturated heterocycles. The van der Waals surface area contributed by atoms with Gasteiger partial charge >= 0.3 is 0 Å². The van der Waals surface area contributed by atoms with Crippen molar-refractivity contribution in [3.63, 3.8) is 0 Å². The van der Waals surface area contributed by atoms with Gasteiger partial charge in [-0.2, -0.15) is 5.26 Å². The highest BCUT2D eigenvalue weighted by molar-refractivity contribution is 6.11. The lowest BCUT2D eigenvalue weighted by atomic mass is 10.0. The molecule has 0 aliphatic heterocycles. The molecule has 4 aromatic heterocycles. The van der Waals surface area contributed by atoms with Gasteiger partial charge in [-0.1, -0.05) is 121 Å². The zero-order chi connectivity index (χ0) is 40.6. The van der Waals surface area contributed by atoms with Gasteiger partial charge in [0.25, 0.3) is 0 Å². The first-order valence-corrected chi connectivity index (χ1v) is 20.2. The van der Waals surface area contributed by atoms with E-state index in [0.717, 1.165) is 105 Å². The minimum absolute atomic E-state index is 0.525. The first-order chi connectivity index (χ1) is 30.2. The molecular weight excluding hydrogens is 745 g/mol. The van der Waals surface area contributed by atoms with Crippen LogP contribution in [0.25, 0.3) is 110 Å². The number of para-hydroxylation sites is 6. The fourth-order valence-corrected chi connectivity index (χ4v) is 9.45. The summed E-state index contributed by atoms with van der Waals surface area (Å²) in [5, 5.41) is 17.7. The topological polar surface area (TPSA) is 55.8 Å². The zero-order valence-corrected chi connectivity index (χ0v) is 32.7. The Hall–Kier alpha value is -8.71. The average Bonchev–Trinajstić information content (AvgIpc) is 3.97. The Balaban J connectivity index is 1.08. The minimum Gasteiger partial charge on any atom is -0.319 e. The van der Waals surface area contributed by atoms with E-state index in [1.165, 1.54) is 0 Å². The van der Waals surface area contributed by atoms with Crippen molar-refractivity contribution in [1.29, 1.82) is 5.26 Å². The van der Waals surface area contributed by atoms with Crippen LogP contribution in [-0.4, -0.2) is 18.7 Å². The summed E-state index contributed by atoms with van der Waals surface area (Å²) < 4.78 is 6.67. The lowest BCUT2D eigenvalue weighted by Gasteiger charge is -2.16. The lowest BCUT2D eigenvalue weighted by molar-refractivity contribution is 1.15. The van der Waals surface area contributed by atoms with E-state index in [1.807, 2.05) is 48.5 Å². The van der Waals surface area contributed by atoms with Crippen LogP contribution in [0.1, 0.15) is 5.56 Å². The van der Waals surface area contributed by atoms with Gasteiger partial charge in [0.2, 0.25) is 5.69 Å². The monoisotopic (exact) mass is 776 g/mol. The Morgan fingerprint density at radius 3 is 1.18 bits per heavy atom. The summed E-state index contributed by atoms with van der Waals surface area (Å²) in [5.41, 5.74) is 13.0. The van der Waals surface area contributed by atoms with Gasteiger partial charge in [-0.15, -0.1) is 0 Å². The molecule has 0 saturated carbocycles. The van der Waals surface area contributed by atoms with E-state index in [9.17, 15) is 5.26 Å². The molecule has 6 heteroatoms. The van der Waals surface area contributed by atoms with Crippen LogP contribution in [0.4, 0.5) is 5.69 Å². The van der Waals surface area contributed by atoms with E-state index >= 15 is 0 Å². The van der Waals surface area contributed by atoms with E-state index in [4.69, 9.17) is 11.6 Å². The lowest BCUT2D eigenvalue weighted by Crippen LogP contribution is -2.00. The van der Waals surface area contributed by atoms with Gasteiger partial charge in [0.15, 0.2) is 0 Å². The molecule has 0 N–H and O–H groups in total. The predicted octanol–water partition coefficient (Wildman–Crippen LogP) is 14.1. The molecule has 61 heavy (non-hydrogen) atoms. The van der Waals surface area contributed by atoms with Gasteiger partial charge in [0.05, 0.1) is 73.7 Å². The molecule has 4 heterocycles. The number of rotatable bonds is 5. The molecule has 8 aromatic carbocycles. The number of benzene rings is 8. The molecular formula is C55H32N6. The predicted molar refractivity (Wildman–Crippen MR) is 249 cm³/mol. The average molecular weight is 777 g/mol. The van der Waals surface area contributed by atoms with Crippen molar-refractivity contribution < 1.29 is 0 Å². The quantitative estimate of drug-likeness (QED) is 0.163. The largest absolute Gasteiger partial charge is 0.319 e. The molecule has 0 amide bonds. The van der Waals surface area contributed by atoms with Gasteiger partial charge in [-0.05, 0) is 78.4 Å². The molecule has 0 atom stereocenters. The van der Waals surface area contributed by atoms with E-state index in [0.29, 0.717) is 11.3 Å². The van der Waals surface area contributed by atoms with Gasteiger partial charge in [0, 0.05) is 37.9 Å². The van der Waals surface area contributed by atoms with E-state index in [1.54, 1.807) is 0 Å². The maximum atomic E-state index is 10.8. The van der Waals surface area contributed by atoms with Crippen molar-refractivity contribution >= 4 is 71.1 Å². The molecule has 0 unspecified atom stereocenters. The summed E-state index contributed by atoms with van der Waals surface area (Å²) in [6.07, 6.45) is 0. The van der Waals surface area contributed by atoms with Crippen molar-refractivity contribution in [2.75, 3.05) is 0 Å². The SMILES string of the molecule is [C-]#[N+]c1cc(-c2cc(-n3c4ccccc4c4ccccc43)cc(-c3ccc(-n4c5ccccc5c5ccccc54)c(C#N)c3)n2)ccc1-n1c2ccccc2c2ccccc21. The van der Waals surface area contributed by atoms with Gasteiger partial charge < -0.3 is 13.7 Å². The van der Waals surface area contributed by atoms with Gasteiger partial charge in [-0.3, -0.25) is 0 Å². The summed E-state index contributed by atoms with van der Waals surface area (Å²) in [6, 6.07) is 69.2. The van der Waals surface area contributed by atoms with Crippen LogP contribution in [0.15, 0.2) is 194 Å². The zero-order valence-electron chi connectivity index (χ0n) is 32.7. The molecule has 6 nitrogen and oxygen atoms in total. The Morgan fingerprint density at radius 2 is 0.770 bits per heavy atom. The summed E-state index contributed by atoms with van der Waals surface area (Å²) >= 11 is 0. The Morgan fingerprint density at radius 1 is 0.410 bits per heavy atom. The van der Waals surface area contributed by atoms with Crippen LogP contribution in [0.2, 0.25) is 0 Å². The number of aromatic nitrogens is 4. The number of hydrogen-bond donors (Lipinski definition) is 0. The molecule has 12 aromatic rings. The highest BCUT2D eigenvalue weighted by atomic mass is 15.0. The van der Waals surface area contributed by atoms with Crippen LogP contribution in [0, 0.1) is 17.9 Å². The van der Waals surface area contributed by atoms with E-state index in [2.05, 4.69) is 170 Å². The molecule has 0 aliphatic carbocycles. The smallest absolute Gasteiger partial charge is 0.211 e. The second-order valence-electron chi connectivity index (χ2n) is 15.4. The van der Waals surface area contributed by atoms with Crippen LogP contribution >= 0.6 is 0 Å². The maximum Gasteiger partial charge on any atom is 0.211 e. The van der Waals surface area contributed by atoms with Gasteiger partial charge in [0.1, 0.15) is 6.07 Å². The fraction of sp³-hybridized carbons (Fsp3) is 0. The molecule has 0 radical (unpaired) electrons. The Labute approximate surface area is 350 Å². The van der Waals surface area contributed by atoms with Crippen molar-refractivity contribution in [2.45, 2.75) is 0 Å². The maximum absolute atomic E-state index is 10.8. The molecule has 0 fully saturated rings. The summed E-state index contributed by atoms with van der Waals surface area (Å²) in [4.78, 5) is 9.46.